The van der Waals surface area contributed by atoms with Gasteiger partial charge < -0.3 is 9.84 Å². The average molecular weight is 172 g/mol. The second-order valence-electron chi connectivity index (χ2n) is 3.20. The Morgan fingerprint density at radius 3 is 2.42 bits per heavy atom. The molecule has 0 spiro atoms. The van der Waals surface area contributed by atoms with Gasteiger partial charge in [0.15, 0.2) is 0 Å². The maximum atomic E-state index is 8.50. The molecule has 0 saturated heterocycles. The molecule has 2 heteroatoms. The minimum atomic E-state index is 0.314. The van der Waals surface area contributed by atoms with Gasteiger partial charge in [0.05, 0.1) is 12.9 Å². The SMILES string of the molecule is CC(C)=COCCCCCCO. The van der Waals surface area contributed by atoms with Crippen LogP contribution in [0, 0.1) is 0 Å². The van der Waals surface area contributed by atoms with Crippen LogP contribution in [-0.2, 0) is 4.74 Å². The van der Waals surface area contributed by atoms with Gasteiger partial charge in [-0.1, -0.05) is 6.42 Å². The molecule has 0 aromatic rings. The molecule has 1 N–H and O–H groups in total. The molecule has 0 aliphatic carbocycles. The Balaban J connectivity index is 2.96. The first kappa shape index (κ1) is 11.5. The molecule has 0 radical (unpaired) electrons. The number of aliphatic hydroxyl groups excluding tert-OH is 1. The molecule has 0 bridgehead atoms. The predicted octanol–water partition coefficient (Wildman–Crippen LogP) is 2.48. The van der Waals surface area contributed by atoms with Gasteiger partial charge in [-0.05, 0) is 38.7 Å². The number of ether oxygens (including phenoxy) is 1. The van der Waals surface area contributed by atoms with Crippen LogP contribution in [0.5, 0.6) is 0 Å². The summed E-state index contributed by atoms with van der Waals surface area (Å²) in [6, 6.07) is 0. The molecule has 12 heavy (non-hydrogen) atoms. The van der Waals surface area contributed by atoms with Gasteiger partial charge in [-0.3, -0.25) is 0 Å². The molecule has 0 atom stereocenters. The molecule has 0 aromatic carbocycles. The zero-order valence-corrected chi connectivity index (χ0v) is 8.18. The summed E-state index contributed by atoms with van der Waals surface area (Å²) in [6.45, 7) is 5.16. The van der Waals surface area contributed by atoms with Gasteiger partial charge >= 0.3 is 0 Å². The van der Waals surface area contributed by atoms with Crippen LogP contribution in [0.15, 0.2) is 11.8 Å². The fourth-order valence-corrected chi connectivity index (χ4v) is 0.876. The van der Waals surface area contributed by atoms with Gasteiger partial charge in [-0.2, -0.15) is 0 Å². The van der Waals surface area contributed by atoms with Gasteiger partial charge in [0, 0.05) is 6.61 Å². The van der Waals surface area contributed by atoms with E-state index in [9.17, 15) is 0 Å². The summed E-state index contributed by atoms with van der Waals surface area (Å²) in [4.78, 5) is 0. The van der Waals surface area contributed by atoms with Crippen LogP contribution in [0.2, 0.25) is 0 Å². The lowest BCUT2D eigenvalue weighted by Gasteiger charge is -2.00. The summed E-state index contributed by atoms with van der Waals surface area (Å²) in [5.74, 6) is 0. The summed E-state index contributed by atoms with van der Waals surface area (Å²) >= 11 is 0. The molecular formula is C10H20O2. The minimum absolute atomic E-state index is 0.314. The van der Waals surface area contributed by atoms with Crippen LogP contribution in [-0.4, -0.2) is 18.3 Å². The molecule has 0 unspecified atom stereocenters. The fourth-order valence-electron chi connectivity index (χ4n) is 0.876. The first-order valence-electron chi connectivity index (χ1n) is 4.63. The van der Waals surface area contributed by atoms with E-state index in [0.29, 0.717) is 6.61 Å². The van der Waals surface area contributed by atoms with Crippen molar-refractivity contribution in [1.82, 2.24) is 0 Å². The fraction of sp³-hybridized carbons (Fsp3) is 0.800. The maximum Gasteiger partial charge on any atom is 0.0873 e. The normalized spacial score (nSPS) is 9.58. The van der Waals surface area contributed by atoms with E-state index in [-0.39, 0.29) is 0 Å². The number of rotatable bonds is 7. The average Bonchev–Trinajstić information content (AvgIpc) is 2.02. The molecule has 72 valence electrons. The van der Waals surface area contributed by atoms with Crippen molar-refractivity contribution in [2.75, 3.05) is 13.2 Å². The Kier molecular flexibility index (Phi) is 8.24. The number of hydrogen-bond donors (Lipinski definition) is 1. The Labute approximate surface area is 75.2 Å². The number of aliphatic hydroxyl groups is 1. The van der Waals surface area contributed by atoms with Crippen LogP contribution < -0.4 is 0 Å². The second-order valence-corrected chi connectivity index (χ2v) is 3.20. The largest absolute Gasteiger partial charge is 0.501 e. The zero-order valence-electron chi connectivity index (χ0n) is 8.18. The third kappa shape index (κ3) is 9.50. The van der Waals surface area contributed by atoms with Crippen molar-refractivity contribution in [2.45, 2.75) is 39.5 Å². The summed E-state index contributed by atoms with van der Waals surface area (Å²) in [5.41, 5.74) is 1.20. The molecule has 0 aliphatic heterocycles. The van der Waals surface area contributed by atoms with E-state index in [2.05, 4.69) is 0 Å². The first-order chi connectivity index (χ1) is 5.77. The van der Waals surface area contributed by atoms with Crippen molar-refractivity contribution < 1.29 is 9.84 Å². The quantitative estimate of drug-likeness (QED) is 0.472. The van der Waals surface area contributed by atoms with E-state index in [1.807, 2.05) is 13.8 Å². The van der Waals surface area contributed by atoms with E-state index in [4.69, 9.17) is 9.84 Å². The maximum absolute atomic E-state index is 8.50. The highest BCUT2D eigenvalue weighted by Gasteiger charge is 1.88. The Morgan fingerprint density at radius 1 is 1.17 bits per heavy atom. The Hall–Kier alpha value is -0.500. The van der Waals surface area contributed by atoms with Crippen LogP contribution in [0.4, 0.5) is 0 Å². The number of unbranched alkanes of at least 4 members (excludes halogenated alkanes) is 3. The lowest BCUT2D eigenvalue weighted by atomic mass is 10.2. The van der Waals surface area contributed by atoms with E-state index in [1.165, 1.54) is 5.57 Å². The van der Waals surface area contributed by atoms with Gasteiger partial charge in [-0.25, -0.2) is 0 Å². The smallest absolute Gasteiger partial charge is 0.0873 e. The third-order valence-electron chi connectivity index (χ3n) is 1.49. The van der Waals surface area contributed by atoms with Gasteiger partial charge in [0.25, 0.3) is 0 Å². The monoisotopic (exact) mass is 172 g/mol. The van der Waals surface area contributed by atoms with E-state index < -0.39 is 0 Å². The van der Waals surface area contributed by atoms with Crippen molar-refractivity contribution in [3.63, 3.8) is 0 Å². The van der Waals surface area contributed by atoms with Crippen LogP contribution in [0.1, 0.15) is 39.5 Å². The Bertz CT molecular complexity index is 115. The van der Waals surface area contributed by atoms with Crippen molar-refractivity contribution >= 4 is 0 Å². The summed E-state index contributed by atoms with van der Waals surface area (Å²) < 4.78 is 5.25. The van der Waals surface area contributed by atoms with Crippen LogP contribution in [0.3, 0.4) is 0 Å². The molecule has 0 saturated carbocycles. The van der Waals surface area contributed by atoms with Gasteiger partial charge in [-0.15, -0.1) is 0 Å². The van der Waals surface area contributed by atoms with Gasteiger partial charge in [0.2, 0.25) is 0 Å². The van der Waals surface area contributed by atoms with E-state index in [0.717, 1.165) is 32.3 Å². The first-order valence-corrected chi connectivity index (χ1v) is 4.63. The lowest BCUT2D eigenvalue weighted by molar-refractivity contribution is 0.233. The molecular weight excluding hydrogens is 152 g/mol. The molecule has 2 nitrogen and oxygen atoms in total. The highest BCUT2D eigenvalue weighted by molar-refractivity contribution is 4.86. The molecule has 0 rings (SSSR count). The van der Waals surface area contributed by atoms with Crippen molar-refractivity contribution in [1.29, 1.82) is 0 Å². The van der Waals surface area contributed by atoms with Crippen LogP contribution in [0.25, 0.3) is 0 Å². The van der Waals surface area contributed by atoms with Crippen molar-refractivity contribution in [3.8, 4) is 0 Å². The lowest BCUT2D eigenvalue weighted by Crippen LogP contribution is -1.89. The van der Waals surface area contributed by atoms with Crippen LogP contribution >= 0.6 is 0 Å². The molecule has 0 fully saturated rings. The van der Waals surface area contributed by atoms with Gasteiger partial charge in [0.1, 0.15) is 0 Å². The Morgan fingerprint density at radius 2 is 1.83 bits per heavy atom. The zero-order chi connectivity index (χ0) is 9.23. The predicted molar refractivity (Wildman–Crippen MR) is 50.9 cm³/mol. The molecule has 0 amide bonds. The van der Waals surface area contributed by atoms with Crippen molar-refractivity contribution in [2.24, 2.45) is 0 Å². The molecule has 0 aliphatic rings. The second kappa shape index (κ2) is 8.60. The van der Waals surface area contributed by atoms with Crippen molar-refractivity contribution in [3.05, 3.63) is 11.8 Å². The number of allylic oxidation sites excluding steroid dienone is 1. The van der Waals surface area contributed by atoms with E-state index in [1.54, 1.807) is 6.26 Å². The topological polar surface area (TPSA) is 29.5 Å². The minimum Gasteiger partial charge on any atom is -0.501 e. The van der Waals surface area contributed by atoms with E-state index >= 15 is 0 Å². The highest BCUT2D eigenvalue weighted by atomic mass is 16.5. The molecule has 0 aromatic heterocycles. The molecule has 0 heterocycles. The summed E-state index contributed by atoms with van der Waals surface area (Å²) in [7, 11) is 0. The standard InChI is InChI=1S/C10H20O2/c1-10(2)9-12-8-6-4-3-5-7-11/h9,11H,3-8H2,1-2H3. The number of hydrogen-bond acceptors (Lipinski definition) is 2. The third-order valence-corrected chi connectivity index (χ3v) is 1.49. The highest BCUT2D eigenvalue weighted by Crippen LogP contribution is 2.00. The summed E-state index contributed by atoms with van der Waals surface area (Å²) in [6.07, 6.45) is 6.06. The summed E-state index contributed by atoms with van der Waals surface area (Å²) in [5, 5.41) is 8.50.